The minimum absolute atomic E-state index is 0.136. The Balaban J connectivity index is 1.44. The largest absolute Gasteiger partial charge is 0.494 e. The molecule has 1 N–H and O–H groups in total. The molecule has 7 heteroatoms. The molecule has 170 valence electrons. The van der Waals surface area contributed by atoms with E-state index in [9.17, 15) is 9.59 Å². The van der Waals surface area contributed by atoms with Gasteiger partial charge in [-0.15, -0.1) is 0 Å². The highest BCUT2D eigenvalue weighted by atomic mass is 16.5. The molecule has 0 unspecified atom stereocenters. The molecule has 0 bridgehead atoms. The highest BCUT2D eigenvalue weighted by Crippen LogP contribution is 2.16. The normalized spacial score (nSPS) is 10.6. The second kappa shape index (κ2) is 12.0. The zero-order chi connectivity index (χ0) is 23.5. The van der Waals surface area contributed by atoms with Gasteiger partial charge in [0.05, 0.1) is 18.4 Å². The molecule has 0 spiro atoms. The first-order valence-corrected chi connectivity index (χ1v) is 10.7. The molecule has 7 nitrogen and oxygen atoms in total. The van der Waals surface area contributed by atoms with Crippen LogP contribution >= 0.6 is 0 Å². The zero-order valence-electron chi connectivity index (χ0n) is 18.6. The highest BCUT2D eigenvalue weighted by molar-refractivity contribution is 5.91. The van der Waals surface area contributed by atoms with Gasteiger partial charge in [-0.1, -0.05) is 19.1 Å². The van der Waals surface area contributed by atoms with Gasteiger partial charge >= 0.3 is 5.97 Å². The van der Waals surface area contributed by atoms with Crippen molar-refractivity contribution in [3.63, 3.8) is 0 Å². The molecule has 1 amide bonds. The monoisotopic (exact) mass is 446 g/mol. The van der Waals surface area contributed by atoms with Gasteiger partial charge in [-0.2, -0.15) is 5.10 Å². The van der Waals surface area contributed by atoms with Crippen molar-refractivity contribution in [2.45, 2.75) is 20.3 Å². The number of hydrogen-bond donors (Lipinski definition) is 1. The molecule has 0 aliphatic carbocycles. The number of esters is 1. The van der Waals surface area contributed by atoms with Crippen molar-refractivity contribution in [1.29, 1.82) is 0 Å². The van der Waals surface area contributed by atoms with Gasteiger partial charge in [0.1, 0.15) is 17.2 Å². The maximum Gasteiger partial charge on any atom is 0.343 e. The number of benzene rings is 3. The Bertz CT molecular complexity index is 1080. The van der Waals surface area contributed by atoms with Crippen LogP contribution in [0.3, 0.4) is 0 Å². The summed E-state index contributed by atoms with van der Waals surface area (Å²) in [6.45, 7) is 4.39. The molecule has 0 atom stereocenters. The Morgan fingerprint density at radius 1 is 0.818 bits per heavy atom. The third kappa shape index (κ3) is 7.50. The fourth-order valence-corrected chi connectivity index (χ4v) is 2.82. The summed E-state index contributed by atoms with van der Waals surface area (Å²) in [5.41, 5.74) is 4.77. The molecular formula is C26H26N2O5. The minimum atomic E-state index is -0.462. The first-order chi connectivity index (χ1) is 16.1. The summed E-state index contributed by atoms with van der Waals surface area (Å²) < 4.78 is 16.2. The van der Waals surface area contributed by atoms with E-state index >= 15 is 0 Å². The molecule has 3 aromatic rings. The summed E-state index contributed by atoms with van der Waals surface area (Å²) in [6.07, 6.45) is 2.44. The van der Waals surface area contributed by atoms with Crippen LogP contribution in [-0.2, 0) is 11.2 Å². The third-order valence-electron chi connectivity index (χ3n) is 4.60. The van der Waals surface area contributed by atoms with Crippen molar-refractivity contribution in [2.75, 3.05) is 13.2 Å². The molecule has 0 saturated carbocycles. The average molecular weight is 447 g/mol. The van der Waals surface area contributed by atoms with E-state index in [0.29, 0.717) is 29.4 Å². The molecule has 3 aromatic carbocycles. The number of amides is 1. The molecule has 0 aliphatic heterocycles. The van der Waals surface area contributed by atoms with Crippen LogP contribution < -0.4 is 19.6 Å². The second-order valence-electron chi connectivity index (χ2n) is 7.00. The number of carbonyl (C=O) groups is 2. The Hall–Kier alpha value is -4.13. The Labute approximate surface area is 193 Å². The van der Waals surface area contributed by atoms with Gasteiger partial charge in [-0.05, 0) is 85.1 Å². The fourth-order valence-electron chi connectivity index (χ4n) is 2.82. The van der Waals surface area contributed by atoms with E-state index in [1.807, 2.05) is 31.2 Å². The minimum Gasteiger partial charge on any atom is -0.494 e. The van der Waals surface area contributed by atoms with E-state index in [0.717, 1.165) is 12.0 Å². The van der Waals surface area contributed by atoms with Crippen LogP contribution in [0.15, 0.2) is 77.9 Å². The van der Waals surface area contributed by atoms with Gasteiger partial charge in [0.15, 0.2) is 6.61 Å². The summed E-state index contributed by atoms with van der Waals surface area (Å²) in [6, 6.07) is 21.1. The van der Waals surface area contributed by atoms with Crippen molar-refractivity contribution >= 4 is 18.1 Å². The number of ether oxygens (including phenoxy) is 3. The fraction of sp³-hybridized carbons (Fsp3) is 0.192. The molecular weight excluding hydrogens is 420 g/mol. The Morgan fingerprint density at radius 2 is 1.42 bits per heavy atom. The van der Waals surface area contributed by atoms with Gasteiger partial charge in [0.2, 0.25) is 0 Å². The third-order valence-corrected chi connectivity index (χ3v) is 4.60. The zero-order valence-corrected chi connectivity index (χ0v) is 18.6. The number of nitrogens with one attached hydrogen (secondary N) is 1. The number of nitrogens with zero attached hydrogens (tertiary/aromatic N) is 1. The van der Waals surface area contributed by atoms with E-state index in [1.54, 1.807) is 48.5 Å². The summed E-state index contributed by atoms with van der Waals surface area (Å²) in [5, 5.41) is 3.92. The lowest BCUT2D eigenvalue weighted by molar-refractivity contribution is -0.123. The quantitative estimate of drug-likeness (QED) is 0.216. The summed E-state index contributed by atoms with van der Waals surface area (Å²) in [5.74, 6) is 0.893. The highest BCUT2D eigenvalue weighted by Gasteiger charge is 2.09. The van der Waals surface area contributed by atoms with Crippen molar-refractivity contribution in [3.05, 3.63) is 89.5 Å². The van der Waals surface area contributed by atoms with Crippen LogP contribution in [0.2, 0.25) is 0 Å². The van der Waals surface area contributed by atoms with Crippen LogP contribution in [0.25, 0.3) is 0 Å². The SMILES string of the molecule is CCOc1ccc(C(=O)Oc2ccc(/C=N/NC(=O)COc3ccc(CC)cc3)cc2)cc1. The van der Waals surface area contributed by atoms with Crippen molar-refractivity contribution in [3.8, 4) is 17.2 Å². The topological polar surface area (TPSA) is 86.2 Å². The number of carbonyl (C=O) groups excluding carboxylic acids is 2. The predicted molar refractivity (Wildman–Crippen MR) is 126 cm³/mol. The van der Waals surface area contributed by atoms with Crippen molar-refractivity contribution in [1.82, 2.24) is 5.43 Å². The number of hydrogen-bond acceptors (Lipinski definition) is 6. The van der Waals surface area contributed by atoms with Crippen molar-refractivity contribution in [2.24, 2.45) is 5.10 Å². The molecule has 0 aliphatic rings. The summed E-state index contributed by atoms with van der Waals surface area (Å²) >= 11 is 0. The molecule has 0 fully saturated rings. The van der Waals surface area contributed by atoms with Crippen LogP contribution in [0.4, 0.5) is 0 Å². The van der Waals surface area contributed by atoms with Gasteiger partial charge in [-0.25, -0.2) is 10.2 Å². The summed E-state index contributed by atoms with van der Waals surface area (Å²) in [4.78, 5) is 24.1. The van der Waals surface area contributed by atoms with E-state index < -0.39 is 5.97 Å². The van der Waals surface area contributed by atoms with Gasteiger partial charge < -0.3 is 14.2 Å². The Morgan fingerprint density at radius 3 is 2.06 bits per heavy atom. The summed E-state index contributed by atoms with van der Waals surface area (Å²) in [7, 11) is 0. The van der Waals surface area contributed by atoms with Gasteiger partial charge in [0, 0.05) is 0 Å². The van der Waals surface area contributed by atoms with E-state index in [4.69, 9.17) is 14.2 Å². The second-order valence-corrected chi connectivity index (χ2v) is 7.00. The molecule has 33 heavy (non-hydrogen) atoms. The molecule has 0 heterocycles. The van der Waals surface area contributed by atoms with Crippen LogP contribution in [0.5, 0.6) is 17.2 Å². The van der Waals surface area contributed by atoms with Crippen LogP contribution in [0.1, 0.15) is 35.3 Å². The number of aryl methyl sites for hydroxylation is 1. The molecule has 3 rings (SSSR count). The number of rotatable bonds is 10. The lowest BCUT2D eigenvalue weighted by atomic mass is 10.2. The lowest BCUT2D eigenvalue weighted by Gasteiger charge is -2.06. The van der Waals surface area contributed by atoms with E-state index in [1.165, 1.54) is 11.8 Å². The van der Waals surface area contributed by atoms with E-state index in [2.05, 4.69) is 17.5 Å². The maximum absolute atomic E-state index is 12.3. The Kier molecular flexibility index (Phi) is 8.59. The predicted octanol–water partition coefficient (Wildman–Crippen LogP) is 4.40. The standard InChI is InChI=1S/C26H26N2O5/c1-3-19-5-11-23(12-6-19)32-18-25(29)28-27-17-20-7-13-24(14-8-20)33-26(30)21-9-15-22(16-10-21)31-4-2/h5-17H,3-4,18H2,1-2H3,(H,28,29)/b27-17+. The molecule has 0 saturated heterocycles. The van der Waals surface area contributed by atoms with Crippen molar-refractivity contribution < 1.29 is 23.8 Å². The smallest absolute Gasteiger partial charge is 0.343 e. The van der Waals surface area contributed by atoms with Crippen LogP contribution in [-0.4, -0.2) is 31.3 Å². The van der Waals surface area contributed by atoms with E-state index in [-0.39, 0.29) is 12.5 Å². The lowest BCUT2D eigenvalue weighted by Crippen LogP contribution is -2.24. The maximum atomic E-state index is 12.3. The molecule has 0 radical (unpaired) electrons. The molecule has 0 aromatic heterocycles. The average Bonchev–Trinajstić information content (AvgIpc) is 2.85. The number of hydrazone groups is 1. The van der Waals surface area contributed by atoms with Gasteiger partial charge in [-0.3, -0.25) is 4.79 Å². The first-order valence-electron chi connectivity index (χ1n) is 10.7. The first kappa shape index (κ1) is 23.5. The van der Waals surface area contributed by atoms with Gasteiger partial charge in [0.25, 0.3) is 5.91 Å². The van der Waals surface area contributed by atoms with Crippen LogP contribution in [0, 0.1) is 0 Å².